The molecule has 1 aliphatic heterocycles. The van der Waals surface area contributed by atoms with E-state index in [2.05, 4.69) is 4.74 Å². The quantitative estimate of drug-likeness (QED) is 0.798. The van der Waals surface area contributed by atoms with Crippen LogP contribution in [0.15, 0.2) is 17.1 Å². The maximum atomic E-state index is 13.8. The third kappa shape index (κ3) is 1.85. The van der Waals surface area contributed by atoms with Gasteiger partial charge in [-0.05, 0) is 6.07 Å². The van der Waals surface area contributed by atoms with Gasteiger partial charge in [-0.2, -0.15) is 4.39 Å². The maximum absolute atomic E-state index is 13.8. The highest BCUT2D eigenvalue weighted by atomic mass is 19.2. The van der Waals surface area contributed by atoms with E-state index in [4.69, 9.17) is 9.84 Å². The summed E-state index contributed by atoms with van der Waals surface area (Å²) in [6, 6.07) is 0.685. The van der Waals surface area contributed by atoms with Gasteiger partial charge in [0.05, 0.1) is 11.6 Å². The molecule has 1 N–H and O–H groups in total. The van der Waals surface area contributed by atoms with Crippen molar-refractivity contribution >= 4 is 17.1 Å². The summed E-state index contributed by atoms with van der Waals surface area (Å²) in [6.45, 7) is -0.113. The highest BCUT2D eigenvalue weighted by molar-refractivity contribution is 5.87. The molecule has 3 rings (SSSR count). The van der Waals surface area contributed by atoms with Gasteiger partial charge in [0.2, 0.25) is 17.0 Å². The zero-order chi connectivity index (χ0) is 15.3. The number of aromatic nitrogens is 1. The molecule has 0 amide bonds. The number of hydrogen-bond acceptors (Lipinski definition) is 5. The predicted molar refractivity (Wildman–Crippen MR) is 66.4 cm³/mol. The van der Waals surface area contributed by atoms with Crippen LogP contribution >= 0.6 is 0 Å². The normalized spacial score (nSPS) is 13.2. The Labute approximate surface area is 115 Å². The number of rotatable bonds is 1. The summed E-state index contributed by atoms with van der Waals surface area (Å²) >= 11 is 0. The Bertz CT molecular complexity index is 833. The lowest BCUT2D eigenvalue weighted by molar-refractivity contribution is 0.143. The molecule has 0 bridgehead atoms. The average Bonchev–Trinajstić information content (AvgIpc) is 2.42. The number of carboxylic acid groups (broad SMARTS) is 1. The molecule has 7 nitrogen and oxygen atoms in total. The lowest BCUT2D eigenvalue weighted by atomic mass is 10.1. The zero-order valence-electron chi connectivity index (χ0n) is 10.6. The van der Waals surface area contributed by atoms with Crippen LogP contribution in [0.1, 0.15) is 0 Å². The molecule has 0 radical (unpaired) electrons. The molecule has 0 fully saturated rings. The number of benzene rings is 1. The van der Waals surface area contributed by atoms with E-state index in [1.807, 2.05) is 0 Å². The SMILES string of the molecule is CN1COc2c(F)c(F)cc3c(=O)c(OC(=O)O)cn1c23. The van der Waals surface area contributed by atoms with Gasteiger partial charge in [0.25, 0.3) is 0 Å². The van der Waals surface area contributed by atoms with Crippen molar-refractivity contribution in [2.75, 3.05) is 18.8 Å². The second-order valence-electron chi connectivity index (χ2n) is 4.36. The van der Waals surface area contributed by atoms with E-state index in [0.717, 1.165) is 6.20 Å². The highest BCUT2D eigenvalue weighted by Crippen LogP contribution is 2.33. The summed E-state index contributed by atoms with van der Waals surface area (Å²) in [4.78, 5) is 22.7. The van der Waals surface area contributed by atoms with Crippen molar-refractivity contribution < 1.29 is 28.2 Å². The second kappa shape index (κ2) is 4.33. The molecule has 0 saturated heterocycles. The van der Waals surface area contributed by atoms with Gasteiger partial charge in [-0.1, -0.05) is 0 Å². The minimum atomic E-state index is -1.68. The van der Waals surface area contributed by atoms with E-state index in [-0.39, 0.29) is 17.6 Å². The predicted octanol–water partition coefficient (Wildman–Crippen LogP) is 1.25. The summed E-state index contributed by atoms with van der Waals surface area (Å²) < 4.78 is 38.0. The van der Waals surface area contributed by atoms with Gasteiger partial charge >= 0.3 is 6.16 Å². The fourth-order valence-electron chi connectivity index (χ4n) is 2.15. The van der Waals surface area contributed by atoms with Crippen LogP contribution in [0.2, 0.25) is 0 Å². The molecule has 0 spiro atoms. The molecule has 0 unspecified atom stereocenters. The Balaban J connectivity index is 2.44. The smallest absolute Gasteiger partial charge is 0.466 e. The number of pyridine rings is 1. The fourth-order valence-corrected chi connectivity index (χ4v) is 2.15. The van der Waals surface area contributed by atoms with Crippen molar-refractivity contribution in [2.45, 2.75) is 0 Å². The lowest BCUT2D eigenvalue weighted by Crippen LogP contribution is -2.39. The Morgan fingerprint density at radius 3 is 2.86 bits per heavy atom. The first-order valence-corrected chi connectivity index (χ1v) is 5.72. The molecule has 1 aromatic carbocycles. The van der Waals surface area contributed by atoms with Crippen molar-refractivity contribution in [3.8, 4) is 11.5 Å². The molecule has 0 saturated carbocycles. The molecule has 2 aromatic rings. The van der Waals surface area contributed by atoms with Crippen LogP contribution in [0.25, 0.3) is 10.9 Å². The first-order chi connectivity index (χ1) is 9.90. The molecule has 1 aliphatic rings. The number of nitrogens with zero attached hydrogens (tertiary/aromatic N) is 2. The van der Waals surface area contributed by atoms with Gasteiger partial charge < -0.3 is 14.6 Å². The van der Waals surface area contributed by atoms with Crippen LogP contribution in [0.4, 0.5) is 13.6 Å². The van der Waals surface area contributed by atoms with E-state index in [1.54, 1.807) is 7.05 Å². The molecule has 9 heteroatoms. The van der Waals surface area contributed by atoms with Gasteiger partial charge in [0.1, 0.15) is 5.52 Å². The lowest BCUT2D eigenvalue weighted by Gasteiger charge is -2.30. The minimum absolute atomic E-state index is 0.00499. The van der Waals surface area contributed by atoms with Crippen LogP contribution in [0.5, 0.6) is 11.5 Å². The molecule has 0 aliphatic carbocycles. The molecule has 2 heterocycles. The van der Waals surface area contributed by atoms with E-state index in [0.29, 0.717) is 6.07 Å². The van der Waals surface area contributed by atoms with Gasteiger partial charge in [-0.15, -0.1) is 0 Å². The second-order valence-corrected chi connectivity index (χ2v) is 4.36. The van der Waals surface area contributed by atoms with Crippen molar-refractivity contribution in [3.05, 3.63) is 34.1 Å². The Morgan fingerprint density at radius 2 is 2.19 bits per heavy atom. The number of carbonyl (C=O) groups is 1. The maximum Gasteiger partial charge on any atom is 0.511 e. The number of ether oxygens (including phenoxy) is 2. The number of halogens is 2. The van der Waals surface area contributed by atoms with E-state index in [9.17, 15) is 18.4 Å². The first kappa shape index (κ1) is 13.2. The van der Waals surface area contributed by atoms with E-state index >= 15 is 0 Å². The standard InChI is InChI=1S/C12H8F2N2O5/c1-15-4-20-11-8(14)6(13)2-5-9(11)16(15)3-7(10(5)17)21-12(18)19/h2-3H,4H2,1H3,(H,18,19). The summed E-state index contributed by atoms with van der Waals surface area (Å²) in [5.41, 5.74) is -0.868. The van der Waals surface area contributed by atoms with Crippen LogP contribution in [0.3, 0.4) is 0 Å². The van der Waals surface area contributed by atoms with E-state index < -0.39 is 34.7 Å². The van der Waals surface area contributed by atoms with Crippen LogP contribution in [-0.4, -0.2) is 29.7 Å². The topological polar surface area (TPSA) is 81.0 Å². The summed E-state index contributed by atoms with van der Waals surface area (Å²) in [5, 5.41) is 9.81. The average molecular weight is 298 g/mol. The Hall–Kier alpha value is -2.84. The monoisotopic (exact) mass is 298 g/mol. The van der Waals surface area contributed by atoms with E-state index in [1.165, 1.54) is 9.69 Å². The molecular weight excluding hydrogens is 290 g/mol. The van der Waals surface area contributed by atoms with Crippen LogP contribution in [-0.2, 0) is 0 Å². The van der Waals surface area contributed by atoms with Crippen LogP contribution in [0, 0.1) is 11.6 Å². The van der Waals surface area contributed by atoms with Crippen LogP contribution < -0.4 is 19.9 Å². The largest absolute Gasteiger partial charge is 0.511 e. The molecular formula is C12H8F2N2O5. The first-order valence-electron chi connectivity index (χ1n) is 5.72. The third-order valence-electron chi connectivity index (χ3n) is 3.05. The zero-order valence-corrected chi connectivity index (χ0v) is 10.6. The summed E-state index contributed by atoms with van der Waals surface area (Å²) in [5.74, 6) is -3.39. The fraction of sp³-hybridized carbons (Fsp3) is 0.167. The molecule has 0 atom stereocenters. The van der Waals surface area contributed by atoms with Gasteiger partial charge in [0.15, 0.2) is 18.3 Å². The summed E-state index contributed by atoms with van der Waals surface area (Å²) in [7, 11) is 1.55. The summed E-state index contributed by atoms with van der Waals surface area (Å²) in [6.07, 6.45) is -0.598. The van der Waals surface area contributed by atoms with Gasteiger partial charge in [-0.25, -0.2) is 9.18 Å². The van der Waals surface area contributed by atoms with Crippen molar-refractivity contribution in [1.29, 1.82) is 0 Å². The Morgan fingerprint density at radius 1 is 1.48 bits per heavy atom. The van der Waals surface area contributed by atoms with Crippen molar-refractivity contribution in [2.24, 2.45) is 0 Å². The molecule has 110 valence electrons. The third-order valence-corrected chi connectivity index (χ3v) is 3.05. The van der Waals surface area contributed by atoms with Crippen molar-refractivity contribution in [3.63, 3.8) is 0 Å². The van der Waals surface area contributed by atoms with Gasteiger partial charge in [-0.3, -0.25) is 14.5 Å². The Kier molecular flexibility index (Phi) is 2.71. The molecule has 1 aromatic heterocycles. The minimum Gasteiger partial charge on any atom is -0.466 e. The molecule has 21 heavy (non-hydrogen) atoms. The van der Waals surface area contributed by atoms with Crippen molar-refractivity contribution in [1.82, 2.24) is 4.68 Å². The highest BCUT2D eigenvalue weighted by Gasteiger charge is 2.26. The van der Waals surface area contributed by atoms with Gasteiger partial charge in [0, 0.05) is 7.05 Å². The number of hydrogen-bond donors (Lipinski definition) is 1.